The van der Waals surface area contributed by atoms with E-state index in [4.69, 9.17) is 21.3 Å². The van der Waals surface area contributed by atoms with Gasteiger partial charge in [-0.1, -0.05) is 24.6 Å². The molecule has 1 atom stereocenters. The molecule has 1 heterocycles. The zero-order chi connectivity index (χ0) is 14.8. The van der Waals surface area contributed by atoms with Crippen LogP contribution in [0.3, 0.4) is 0 Å². The fourth-order valence-electron chi connectivity index (χ4n) is 2.75. The second kappa shape index (κ2) is 6.34. The zero-order valence-electron chi connectivity index (χ0n) is 12.3. The van der Waals surface area contributed by atoms with Gasteiger partial charge in [-0.05, 0) is 43.5 Å². The Morgan fingerprint density at radius 3 is 2.95 bits per heavy atom. The van der Waals surface area contributed by atoms with E-state index in [9.17, 15) is 0 Å². The van der Waals surface area contributed by atoms with Gasteiger partial charge in [0.2, 0.25) is 0 Å². The molecule has 0 amide bonds. The lowest BCUT2D eigenvalue weighted by molar-refractivity contribution is 0.414. The van der Waals surface area contributed by atoms with E-state index in [0.29, 0.717) is 10.8 Å². The summed E-state index contributed by atoms with van der Waals surface area (Å²) < 4.78 is 5.23. The summed E-state index contributed by atoms with van der Waals surface area (Å²) in [6.45, 7) is 3.00. The van der Waals surface area contributed by atoms with Crippen molar-refractivity contribution >= 4 is 22.9 Å². The van der Waals surface area contributed by atoms with Gasteiger partial charge in [-0.2, -0.15) is 0 Å². The summed E-state index contributed by atoms with van der Waals surface area (Å²) in [4.78, 5) is 6.29. The summed E-state index contributed by atoms with van der Waals surface area (Å²) in [7, 11) is 1.63. The van der Waals surface area contributed by atoms with Crippen LogP contribution in [-0.4, -0.2) is 18.6 Å². The fourth-order valence-corrected chi connectivity index (χ4v) is 4.27. The van der Waals surface area contributed by atoms with E-state index >= 15 is 0 Å². The van der Waals surface area contributed by atoms with E-state index in [1.165, 1.54) is 23.4 Å². The van der Waals surface area contributed by atoms with Crippen LogP contribution in [0.5, 0.6) is 5.75 Å². The van der Waals surface area contributed by atoms with Gasteiger partial charge in [0.25, 0.3) is 0 Å². The minimum absolute atomic E-state index is 0.106. The number of ether oxygens (including phenoxy) is 1. The third kappa shape index (κ3) is 2.93. The molecule has 1 aliphatic carbocycles. The molecule has 1 aromatic carbocycles. The number of methoxy groups -OCH3 is 1. The Kier molecular flexibility index (Phi) is 4.48. The number of nitrogens with one attached hydrogen (secondary N) is 1. The second-order valence-corrected chi connectivity index (χ2v) is 6.68. The number of thiazole rings is 1. The molecule has 3 rings (SSSR count). The first-order valence-electron chi connectivity index (χ1n) is 7.28. The van der Waals surface area contributed by atoms with Crippen LogP contribution in [0, 0.1) is 0 Å². The predicted molar refractivity (Wildman–Crippen MR) is 87.7 cm³/mol. The molecule has 0 aliphatic heterocycles. The number of halogens is 1. The molecule has 112 valence electrons. The van der Waals surface area contributed by atoms with Crippen molar-refractivity contribution in [3.05, 3.63) is 44.4 Å². The van der Waals surface area contributed by atoms with Crippen molar-refractivity contribution in [2.24, 2.45) is 0 Å². The van der Waals surface area contributed by atoms with Crippen molar-refractivity contribution in [2.45, 2.75) is 32.2 Å². The Morgan fingerprint density at radius 2 is 2.29 bits per heavy atom. The Labute approximate surface area is 134 Å². The van der Waals surface area contributed by atoms with Gasteiger partial charge in [0.05, 0.1) is 23.9 Å². The largest absolute Gasteiger partial charge is 0.495 e. The Hall–Kier alpha value is -1.10. The summed E-state index contributed by atoms with van der Waals surface area (Å²) in [6.07, 6.45) is 3.54. The maximum absolute atomic E-state index is 6.27. The molecule has 5 heteroatoms. The highest BCUT2D eigenvalue weighted by atomic mass is 35.5. The minimum Gasteiger partial charge on any atom is -0.495 e. The highest BCUT2D eigenvalue weighted by Gasteiger charge is 2.23. The van der Waals surface area contributed by atoms with E-state index in [0.717, 1.165) is 23.5 Å². The molecule has 0 fully saturated rings. The SMILES string of the molecule is CCNC(c1ccc(OC)c(Cl)c1)c1nc2c(s1)CCC2. The Morgan fingerprint density at radius 1 is 1.43 bits per heavy atom. The molecule has 21 heavy (non-hydrogen) atoms. The normalized spacial score (nSPS) is 15.0. The fraction of sp³-hybridized carbons (Fsp3) is 0.438. The Bertz CT molecular complexity index is 620. The van der Waals surface area contributed by atoms with Gasteiger partial charge < -0.3 is 10.1 Å². The lowest BCUT2D eigenvalue weighted by Crippen LogP contribution is -2.22. The highest BCUT2D eigenvalue weighted by Crippen LogP contribution is 2.35. The van der Waals surface area contributed by atoms with Crippen LogP contribution in [0.2, 0.25) is 5.02 Å². The van der Waals surface area contributed by atoms with Crippen molar-refractivity contribution in [3.8, 4) is 5.75 Å². The summed E-state index contributed by atoms with van der Waals surface area (Å²) in [5.74, 6) is 0.706. The molecule has 0 bridgehead atoms. The number of nitrogens with zero attached hydrogens (tertiary/aromatic N) is 1. The van der Waals surface area contributed by atoms with E-state index in [2.05, 4.69) is 18.3 Å². The van der Waals surface area contributed by atoms with Crippen molar-refractivity contribution in [2.75, 3.05) is 13.7 Å². The van der Waals surface area contributed by atoms with Crippen LogP contribution in [0.15, 0.2) is 18.2 Å². The molecule has 3 nitrogen and oxygen atoms in total. The molecule has 2 aromatic rings. The summed E-state index contributed by atoms with van der Waals surface area (Å²) in [5, 5.41) is 5.30. The molecular weight excluding hydrogens is 304 g/mol. The van der Waals surface area contributed by atoms with E-state index in [-0.39, 0.29) is 6.04 Å². The van der Waals surface area contributed by atoms with Crippen LogP contribution >= 0.6 is 22.9 Å². The van der Waals surface area contributed by atoms with Crippen LogP contribution in [0.4, 0.5) is 0 Å². The van der Waals surface area contributed by atoms with Gasteiger partial charge in [0.1, 0.15) is 10.8 Å². The average molecular weight is 323 g/mol. The first-order chi connectivity index (χ1) is 10.2. The molecular formula is C16H19ClN2OS. The van der Waals surface area contributed by atoms with Crippen LogP contribution in [0.1, 0.15) is 40.5 Å². The highest BCUT2D eigenvalue weighted by molar-refractivity contribution is 7.11. The molecule has 0 spiro atoms. The van der Waals surface area contributed by atoms with E-state index in [1.54, 1.807) is 7.11 Å². The molecule has 0 saturated heterocycles. The first kappa shape index (κ1) is 14.8. The number of benzene rings is 1. The molecule has 0 saturated carbocycles. The predicted octanol–water partition coefficient (Wildman–Crippen LogP) is 3.99. The monoisotopic (exact) mass is 322 g/mol. The van der Waals surface area contributed by atoms with E-state index in [1.807, 2.05) is 23.5 Å². The topological polar surface area (TPSA) is 34.1 Å². The van der Waals surface area contributed by atoms with Gasteiger partial charge in [0, 0.05) is 4.88 Å². The molecule has 0 radical (unpaired) electrons. The van der Waals surface area contributed by atoms with Crippen molar-refractivity contribution < 1.29 is 4.74 Å². The Balaban J connectivity index is 1.95. The molecule has 1 aromatic heterocycles. The number of aryl methyl sites for hydroxylation is 2. The maximum Gasteiger partial charge on any atom is 0.137 e. The van der Waals surface area contributed by atoms with Crippen LogP contribution in [0.25, 0.3) is 0 Å². The van der Waals surface area contributed by atoms with Crippen molar-refractivity contribution in [1.82, 2.24) is 10.3 Å². The first-order valence-corrected chi connectivity index (χ1v) is 8.47. The molecule has 1 aliphatic rings. The maximum atomic E-state index is 6.27. The smallest absolute Gasteiger partial charge is 0.137 e. The zero-order valence-corrected chi connectivity index (χ0v) is 13.9. The standard InChI is InChI=1S/C16H19ClN2OS/c1-3-18-15(10-7-8-13(20-2)11(17)9-10)16-19-12-5-4-6-14(12)21-16/h7-9,15,18H,3-6H2,1-2H3. The van der Waals surface area contributed by atoms with Crippen molar-refractivity contribution in [1.29, 1.82) is 0 Å². The third-order valence-electron chi connectivity index (χ3n) is 3.78. The minimum atomic E-state index is 0.106. The van der Waals surface area contributed by atoms with E-state index < -0.39 is 0 Å². The number of hydrogen-bond donors (Lipinski definition) is 1. The summed E-state index contributed by atoms with van der Waals surface area (Å²) >= 11 is 8.10. The number of aromatic nitrogens is 1. The van der Waals surface area contributed by atoms with Crippen molar-refractivity contribution in [3.63, 3.8) is 0 Å². The van der Waals surface area contributed by atoms with Gasteiger partial charge in [-0.25, -0.2) is 4.98 Å². The lowest BCUT2D eigenvalue weighted by atomic mass is 10.1. The average Bonchev–Trinajstić information content (AvgIpc) is 3.05. The van der Waals surface area contributed by atoms with Gasteiger partial charge in [-0.3, -0.25) is 0 Å². The number of rotatable bonds is 5. The number of hydrogen-bond acceptors (Lipinski definition) is 4. The summed E-state index contributed by atoms with van der Waals surface area (Å²) in [5.41, 5.74) is 2.42. The molecule has 1 N–H and O–H groups in total. The van der Waals surface area contributed by atoms with Gasteiger partial charge in [0.15, 0.2) is 0 Å². The number of fused-ring (bicyclic) bond motifs is 1. The third-order valence-corrected chi connectivity index (χ3v) is 5.29. The summed E-state index contributed by atoms with van der Waals surface area (Å²) in [6, 6.07) is 6.06. The van der Waals surface area contributed by atoms with Gasteiger partial charge >= 0.3 is 0 Å². The second-order valence-electron chi connectivity index (χ2n) is 5.16. The lowest BCUT2D eigenvalue weighted by Gasteiger charge is -2.17. The van der Waals surface area contributed by atoms with Gasteiger partial charge in [-0.15, -0.1) is 11.3 Å². The van der Waals surface area contributed by atoms with Crippen LogP contribution in [-0.2, 0) is 12.8 Å². The quantitative estimate of drug-likeness (QED) is 0.903. The molecule has 1 unspecified atom stereocenters. The van der Waals surface area contributed by atoms with Crippen LogP contribution < -0.4 is 10.1 Å².